The van der Waals surface area contributed by atoms with Crippen LogP contribution >= 0.6 is 0 Å². The van der Waals surface area contributed by atoms with E-state index in [1.54, 1.807) is 6.92 Å². The average molecular weight is 510 g/mol. The minimum atomic E-state index is -2.47. The van der Waals surface area contributed by atoms with Gasteiger partial charge in [0.1, 0.15) is 0 Å². The molecule has 0 aromatic rings. The maximum atomic E-state index is 13.1. The Kier molecular flexibility index (Phi) is 11.1. The van der Waals surface area contributed by atoms with Crippen LogP contribution in [0.15, 0.2) is 11.6 Å². The van der Waals surface area contributed by atoms with Crippen LogP contribution in [0.2, 0.25) is 64.5 Å². The number of primary amides is 1. The minimum absolute atomic E-state index is 0.309. The molecule has 0 aromatic heterocycles. The van der Waals surface area contributed by atoms with Crippen molar-refractivity contribution in [1.82, 2.24) is 0 Å². The fraction of sp³-hybridized carbons (Fsp3) is 0.789. The first-order valence-corrected chi connectivity index (χ1v) is 22.0. The summed E-state index contributed by atoms with van der Waals surface area (Å²) in [6, 6.07) is 0. The minimum Gasteiger partial charge on any atom is -0.391 e. The molecule has 31 heavy (non-hydrogen) atoms. The van der Waals surface area contributed by atoms with Gasteiger partial charge in [0.25, 0.3) is 0 Å². The van der Waals surface area contributed by atoms with Gasteiger partial charge in [-0.3, -0.25) is 0 Å². The summed E-state index contributed by atoms with van der Waals surface area (Å²) in [5.74, 6) is -2.91. The van der Waals surface area contributed by atoms with E-state index in [1.807, 2.05) is 65.0 Å². The maximum Gasteiger partial charge on any atom is 0.420 e. The van der Waals surface area contributed by atoms with E-state index in [9.17, 15) is 9.59 Å². The van der Waals surface area contributed by atoms with E-state index in [-0.39, 0.29) is 0 Å². The van der Waals surface area contributed by atoms with Gasteiger partial charge in [0.05, 0.1) is 0 Å². The van der Waals surface area contributed by atoms with E-state index >= 15 is 0 Å². The van der Waals surface area contributed by atoms with Crippen LogP contribution in [-0.2, 0) is 27.5 Å². The molecule has 0 aliphatic carbocycles. The topological polar surface area (TPSA) is 106 Å². The number of nitrogens with two attached hydrogens (primary N) is 1. The van der Waals surface area contributed by atoms with Crippen molar-refractivity contribution in [2.75, 3.05) is 0 Å². The molecule has 0 heterocycles. The third-order valence-corrected chi connectivity index (χ3v) is 7.53. The third-order valence-electron chi connectivity index (χ3n) is 3.64. The summed E-state index contributed by atoms with van der Waals surface area (Å²) < 4.78 is 29.8. The predicted octanol–water partition coefficient (Wildman–Crippen LogP) is 3.67. The summed E-state index contributed by atoms with van der Waals surface area (Å²) in [5, 5.41) is 0. The molecule has 0 fully saturated rings. The van der Waals surface area contributed by atoms with E-state index in [2.05, 4.69) is 6.92 Å². The second-order valence-electron chi connectivity index (χ2n) is 10.7. The van der Waals surface area contributed by atoms with Crippen LogP contribution in [0.25, 0.3) is 0 Å². The number of hydrogen-bond donors (Lipinski definition) is 1. The van der Waals surface area contributed by atoms with Crippen molar-refractivity contribution in [2.24, 2.45) is 5.73 Å². The van der Waals surface area contributed by atoms with Crippen LogP contribution in [0.1, 0.15) is 20.3 Å². The quantitative estimate of drug-likeness (QED) is 0.185. The number of carbonyl (C=O) groups is 2. The van der Waals surface area contributed by atoms with Crippen LogP contribution in [0.4, 0.5) is 4.79 Å². The van der Waals surface area contributed by atoms with Gasteiger partial charge in [0.15, 0.2) is 25.0 Å². The lowest BCUT2D eigenvalue weighted by Crippen LogP contribution is -2.62. The molecule has 2 N–H and O–H groups in total. The molecule has 182 valence electrons. The van der Waals surface area contributed by atoms with Gasteiger partial charge in [0, 0.05) is 15.8 Å². The highest BCUT2D eigenvalue weighted by atomic mass is 28.4. The first kappa shape index (κ1) is 30.2. The Morgan fingerprint density at radius 1 is 0.935 bits per heavy atom. The number of allylic oxidation sites excluding steroid dienone is 1. The molecule has 2 unspecified atom stereocenters. The van der Waals surface area contributed by atoms with E-state index < -0.39 is 49.3 Å². The number of carbonyl (C=O) groups excluding carboxylic acids is 2. The van der Waals surface area contributed by atoms with Gasteiger partial charge >= 0.3 is 18.0 Å². The molecule has 0 aliphatic rings. The molecule has 0 bridgehead atoms. The molecule has 0 radical (unpaired) electrons. The second kappa shape index (κ2) is 11.4. The highest BCUT2D eigenvalue weighted by Crippen LogP contribution is 2.33. The van der Waals surface area contributed by atoms with Crippen LogP contribution in [-0.4, -0.2) is 59.5 Å². The standard InChI is InChI=1S/C19H43NO7Si4/c1-12-15(28)13-14(2)16(21)23-19(24-18(20)22,27-31(9,10)11)17(25-29(3,4)5)26-30(6,7)8/h13,15,17H,12H2,1-11,28H3,(H2,20,22). The lowest BCUT2D eigenvalue weighted by atomic mass is 10.2. The molecule has 0 saturated heterocycles. The molecule has 0 saturated carbocycles. The first-order valence-electron chi connectivity index (χ1n) is 10.7. The zero-order valence-electron chi connectivity index (χ0n) is 21.4. The van der Waals surface area contributed by atoms with Crippen LogP contribution < -0.4 is 5.73 Å². The summed E-state index contributed by atoms with van der Waals surface area (Å²) in [7, 11) is -6.10. The summed E-state index contributed by atoms with van der Waals surface area (Å²) >= 11 is 0. The Balaban J connectivity index is 6.59. The van der Waals surface area contributed by atoms with Gasteiger partial charge in [-0.05, 0) is 71.4 Å². The van der Waals surface area contributed by atoms with Crippen LogP contribution in [0.3, 0.4) is 0 Å². The summed E-state index contributed by atoms with van der Waals surface area (Å²) in [6.45, 7) is 21.1. The number of amides is 1. The SMILES string of the molecule is CCC([SiH3])C=C(C)C(=O)OC(OC(N)=O)(O[Si](C)(C)C)C(O[Si](C)(C)C)O[Si](C)(C)C. The molecule has 2 atom stereocenters. The smallest absolute Gasteiger partial charge is 0.391 e. The van der Waals surface area contributed by atoms with E-state index in [0.717, 1.165) is 16.7 Å². The molecule has 8 nitrogen and oxygen atoms in total. The lowest BCUT2D eigenvalue weighted by Gasteiger charge is -2.44. The molecule has 0 aliphatic heterocycles. The highest BCUT2D eigenvalue weighted by molar-refractivity contribution is 6.71. The maximum absolute atomic E-state index is 13.1. The van der Waals surface area contributed by atoms with E-state index in [0.29, 0.717) is 11.1 Å². The number of esters is 1. The molecule has 0 spiro atoms. The molecule has 1 amide bonds. The average Bonchev–Trinajstić information content (AvgIpc) is 2.48. The Morgan fingerprint density at radius 2 is 1.39 bits per heavy atom. The van der Waals surface area contributed by atoms with Gasteiger partial charge in [-0.1, -0.05) is 19.4 Å². The van der Waals surface area contributed by atoms with Crippen molar-refractivity contribution in [3.05, 3.63) is 11.6 Å². The summed E-state index contributed by atoms with van der Waals surface area (Å²) in [6.07, 6.45) is 0.377. The largest absolute Gasteiger partial charge is 0.420 e. The first-order chi connectivity index (χ1) is 13.7. The molecule has 12 heteroatoms. The van der Waals surface area contributed by atoms with Crippen molar-refractivity contribution >= 4 is 47.3 Å². The Labute approximate surface area is 194 Å². The van der Waals surface area contributed by atoms with Gasteiger partial charge in [-0.15, -0.1) is 0 Å². The number of rotatable bonds is 12. The highest BCUT2D eigenvalue weighted by Gasteiger charge is 2.55. The second-order valence-corrected chi connectivity index (χ2v) is 25.5. The van der Waals surface area contributed by atoms with E-state index in [1.165, 1.54) is 0 Å². The zero-order chi connectivity index (χ0) is 24.8. The third kappa shape index (κ3) is 12.7. The fourth-order valence-electron chi connectivity index (χ4n) is 2.41. The Hall–Kier alpha value is -0.772. The molecule has 0 rings (SSSR count). The van der Waals surface area contributed by atoms with Crippen molar-refractivity contribution in [3.8, 4) is 0 Å². The summed E-state index contributed by atoms with van der Waals surface area (Å²) in [5.41, 5.74) is 6.11. The Bertz CT molecular complexity index is 637. The van der Waals surface area contributed by atoms with Crippen molar-refractivity contribution in [3.63, 3.8) is 0 Å². The molecular formula is C19H43NO7Si4. The molecular weight excluding hydrogens is 467 g/mol. The van der Waals surface area contributed by atoms with Crippen molar-refractivity contribution < 1.29 is 32.3 Å². The van der Waals surface area contributed by atoms with Crippen molar-refractivity contribution in [1.29, 1.82) is 0 Å². The van der Waals surface area contributed by atoms with E-state index in [4.69, 9.17) is 28.5 Å². The zero-order valence-corrected chi connectivity index (χ0v) is 26.4. The van der Waals surface area contributed by atoms with Crippen molar-refractivity contribution in [2.45, 2.75) is 97.0 Å². The summed E-state index contributed by atoms with van der Waals surface area (Å²) in [4.78, 5) is 25.0. The lowest BCUT2D eigenvalue weighted by molar-refractivity contribution is -0.371. The fourth-order valence-corrected chi connectivity index (χ4v) is 5.71. The van der Waals surface area contributed by atoms with Gasteiger partial charge in [0.2, 0.25) is 6.29 Å². The van der Waals surface area contributed by atoms with Gasteiger partial charge in [-0.2, -0.15) is 0 Å². The van der Waals surface area contributed by atoms with Crippen LogP contribution in [0, 0.1) is 0 Å². The Morgan fingerprint density at radius 3 is 1.71 bits per heavy atom. The number of ether oxygens (including phenoxy) is 2. The monoisotopic (exact) mass is 509 g/mol. The van der Waals surface area contributed by atoms with Crippen LogP contribution in [0.5, 0.6) is 0 Å². The van der Waals surface area contributed by atoms with Gasteiger partial charge in [-0.25, -0.2) is 9.59 Å². The molecule has 0 aromatic carbocycles. The predicted molar refractivity (Wildman–Crippen MR) is 134 cm³/mol. The van der Waals surface area contributed by atoms with Gasteiger partial charge < -0.3 is 28.5 Å². The normalized spacial score (nSPS) is 16.7. The number of hydrogen-bond acceptors (Lipinski definition) is 7.